The van der Waals surface area contributed by atoms with Gasteiger partial charge in [-0.15, -0.1) is 0 Å². The van der Waals surface area contributed by atoms with Gasteiger partial charge in [-0.1, -0.05) is 18.2 Å². The summed E-state index contributed by atoms with van der Waals surface area (Å²) in [5.74, 6) is 1.78. The largest absolute Gasteiger partial charge is 0.482 e. The van der Waals surface area contributed by atoms with Crippen molar-refractivity contribution in [1.82, 2.24) is 5.32 Å². The van der Waals surface area contributed by atoms with E-state index in [1.54, 1.807) is 4.90 Å². The Kier molecular flexibility index (Phi) is 4.58. The van der Waals surface area contributed by atoms with E-state index < -0.39 is 0 Å². The first-order valence-electron chi connectivity index (χ1n) is 8.83. The smallest absolute Gasteiger partial charge is 0.265 e. The van der Waals surface area contributed by atoms with Crippen molar-refractivity contribution in [2.24, 2.45) is 0 Å². The standard InChI is InChI=1S/C20H20N2O5/c1-13(14-6-7-17-18(10-14)27-12-26-17)21-19(23)8-9-22-15-4-2-3-5-16(15)25-11-20(22)24/h2-7,10,13H,8-9,11-12H2,1H3,(H,21,23). The van der Waals surface area contributed by atoms with Gasteiger partial charge < -0.3 is 24.4 Å². The number of benzene rings is 2. The maximum Gasteiger partial charge on any atom is 0.265 e. The van der Waals surface area contributed by atoms with E-state index in [1.807, 2.05) is 49.4 Å². The molecule has 0 saturated heterocycles. The molecule has 2 aliphatic heterocycles. The van der Waals surface area contributed by atoms with Crippen LogP contribution in [0.2, 0.25) is 0 Å². The summed E-state index contributed by atoms with van der Waals surface area (Å²) >= 11 is 0. The van der Waals surface area contributed by atoms with E-state index in [9.17, 15) is 9.59 Å². The topological polar surface area (TPSA) is 77.1 Å². The van der Waals surface area contributed by atoms with Gasteiger partial charge in [0.25, 0.3) is 5.91 Å². The lowest BCUT2D eigenvalue weighted by Gasteiger charge is -2.29. The average Bonchev–Trinajstić information content (AvgIpc) is 3.15. The molecule has 0 fully saturated rings. The van der Waals surface area contributed by atoms with E-state index in [1.165, 1.54) is 0 Å². The Balaban J connectivity index is 1.36. The molecule has 0 spiro atoms. The molecule has 1 unspecified atom stereocenters. The molecule has 2 aromatic rings. The van der Waals surface area contributed by atoms with Gasteiger partial charge in [-0.05, 0) is 36.8 Å². The van der Waals surface area contributed by atoms with E-state index >= 15 is 0 Å². The molecule has 2 aromatic carbocycles. The van der Waals surface area contributed by atoms with Gasteiger partial charge in [0, 0.05) is 13.0 Å². The average molecular weight is 368 g/mol. The Morgan fingerprint density at radius 1 is 1.11 bits per heavy atom. The van der Waals surface area contributed by atoms with Gasteiger partial charge in [-0.25, -0.2) is 0 Å². The first-order chi connectivity index (χ1) is 13.1. The molecule has 0 aliphatic carbocycles. The fourth-order valence-corrected chi connectivity index (χ4v) is 3.19. The quantitative estimate of drug-likeness (QED) is 0.877. The number of hydrogen-bond donors (Lipinski definition) is 1. The first-order valence-corrected chi connectivity index (χ1v) is 8.83. The third-order valence-electron chi connectivity index (χ3n) is 4.64. The maximum atomic E-state index is 12.4. The van der Waals surface area contributed by atoms with E-state index in [0.717, 1.165) is 5.56 Å². The second-order valence-electron chi connectivity index (χ2n) is 6.45. The molecule has 0 saturated carbocycles. The zero-order valence-corrected chi connectivity index (χ0v) is 14.9. The molecule has 140 valence electrons. The Morgan fingerprint density at radius 3 is 2.81 bits per heavy atom. The molecule has 2 heterocycles. The van der Waals surface area contributed by atoms with Crippen molar-refractivity contribution in [3.05, 3.63) is 48.0 Å². The zero-order valence-electron chi connectivity index (χ0n) is 14.9. The van der Waals surface area contributed by atoms with Crippen LogP contribution in [0.4, 0.5) is 5.69 Å². The van der Waals surface area contributed by atoms with Crippen LogP contribution in [-0.4, -0.2) is 31.8 Å². The summed E-state index contributed by atoms with van der Waals surface area (Å²) in [6.07, 6.45) is 0.203. The van der Waals surface area contributed by atoms with Crippen LogP contribution in [-0.2, 0) is 9.59 Å². The van der Waals surface area contributed by atoms with E-state index in [-0.39, 0.29) is 37.7 Å². The molecule has 4 rings (SSSR count). The monoisotopic (exact) mass is 368 g/mol. The molecule has 1 N–H and O–H groups in total. The number of fused-ring (bicyclic) bond motifs is 2. The Bertz CT molecular complexity index is 882. The van der Waals surface area contributed by atoms with Crippen LogP contribution < -0.4 is 24.4 Å². The molecule has 27 heavy (non-hydrogen) atoms. The predicted octanol–water partition coefficient (Wildman–Crippen LogP) is 2.41. The van der Waals surface area contributed by atoms with Gasteiger partial charge in [-0.2, -0.15) is 0 Å². The van der Waals surface area contributed by atoms with E-state index in [2.05, 4.69) is 5.32 Å². The van der Waals surface area contributed by atoms with Crippen LogP contribution in [0, 0.1) is 0 Å². The van der Waals surface area contributed by atoms with Crippen molar-refractivity contribution in [2.75, 3.05) is 24.8 Å². The summed E-state index contributed by atoms with van der Waals surface area (Å²) in [7, 11) is 0. The van der Waals surface area contributed by atoms with Crippen LogP contribution in [0.5, 0.6) is 17.2 Å². The number of nitrogens with one attached hydrogen (secondary N) is 1. The third kappa shape index (κ3) is 3.53. The molecular formula is C20H20N2O5. The van der Waals surface area contributed by atoms with Crippen LogP contribution in [0.15, 0.2) is 42.5 Å². The van der Waals surface area contributed by atoms with Crippen LogP contribution in [0.1, 0.15) is 24.9 Å². The van der Waals surface area contributed by atoms with Crippen molar-refractivity contribution < 1.29 is 23.8 Å². The van der Waals surface area contributed by atoms with Crippen LogP contribution in [0.3, 0.4) is 0 Å². The lowest BCUT2D eigenvalue weighted by atomic mass is 10.1. The minimum absolute atomic E-state index is 0.00771. The van der Waals surface area contributed by atoms with E-state index in [4.69, 9.17) is 14.2 Å². The molecule has 7 nitrogen and oxygen atoms in total. The van der Waals surface area contributed by atoms with Gasteiger partial charge in [0.15, 0.2) is 18.1 Å². The molecule has 0 radical (unpaired) electrons. The summed E-state index contributed by atoms with van der Waals surface area (Å²) in [6, 6.07) is 12.8. The second kappa shape index (κ2) is 7.19. The highest BCUT2D eigenvalue weighted by molar-refractivity contribution is 5.98. The van der Waals surface area contributed by atoms with E-state index in [0.29, 0.717) is 29.5 Å². The van der Waals surface area contributed by atoms with Crippen molar-refractivity contribution in [3.63, 3.8) is 0 Å². The Morgan fingerprint density at radius 2 is 1.93 bits per heavy atom. The summed E-state index contributed by atoms with van der Waals surface area (Å²) in [4.78, 5) is 26.2. The first kappa shape index (κ1) is 17.2. The van der Waals surface area contributed by atoms with Gasteiger partial charge in [0.1, 0.15) is 5.75 Å². The maximum absolute atomic E-state index is 12.4. The SMILES string of the molecule is CC(NC(=O)CCN1C(=O)COc2ccccc21)c1ccc2c(c1)OCO2. The predicted molar refractivity (Wildman–Crippen MR) is 98.0 cm³/mol. The number of para-hydroxylation sites is 2. The fraction of sp³-hybridized carbons (Fsp3) is 0.300. The third-order valence-corrected chi connectivity index (χ3v) is 4.64. The van der Waals surface area contributed by atoms with Gasteiger partial charge in [-0.3, -0.25) is 9.59 Å². The summed E-state index contributed by atoms with van der Waals surface area (Å²) in [6.45, 7) is 2.42. The molecule has 1 atom stereocenters. The number of amides is 2. The minimum atomic E-state index is -0.181. The second-order valence-corrected chi connectivity index (χ2v) is 6.45. The Hall–Kier alpha value is -3.22. The lowest BCUT2D eigenvalue weighted by Crippen LogP contribution is -2.41. The number of ether oxygens (including phenoxy) is 3. The van der Waals surface area contributed by atoms with Gasteiger partial charge in [0.05, 0.1) is 11.7 Å². The zero-order chi connectivity index (χ0) is 18.8. The number of carbonyl (C=O) groups is 2. The molecule has 7 heteroatoms. The van der Waals surface area contributed by atoms with Gasteiger partial charge >= 0.3 is 0 Å². The molecule has 0 bridgehead atoms. The molecule has 2 amide bonds. The minimum Gasteiger partial charge on any atom is -0.482 e. The highest BCUT2D eigenvalue weighted by atomic mass is 16.7. The fourth-order valence-electron chi connectivity index (χ4n) is 3.19. The lowest BCUT2D eigenvalue weighted by molar-refractivity contribution is -0.122. The van der Waals surface area contributed by atoms with Crippen molar-refractivity contribution in [3.8, 4) is 17.2 Å². The van der Waals surface area contributed by atoms with Crippen LogP contribution >= 0.6 is 0 Å². The highest BCUT2D eigenvalue weighted by Gasteiger charge is 2.25. The number of nitrogens with zero attached hydrogens (tertiary/aromatic N) is 1. The van der Waals surface area contributed by atoms with Gasteiger partial charge in [0.2, 0.25) is 12.7 Å². The summed E-state index contributed by atoms with van der Waals surface area (Å²) < 4.78 is 16.1. The van der Waals surface area contributed by atoms with Crippen molar-refractivity contribution in [2.45, 2.75) is 19.4 Å². The molecule has 2 aliphatic rings. The molecule has 0 aromatic heterocycles. The number of rotatable bonds is 5. The number of hydrogen-bond acceptors (Lipinski definition) is 5. The van der Waals surface area contributed by atoms with Crippen LogP contribution in [0.25, 0.3) is 0 Å². The van der Waals surface area contributed by atoms with Crippen molar-refractivity contribution in [1.29, 1.82) is 0 Å². The Labute approximate surface area is 156 Å². The summed E-state index contributed by atoms with van der Waals surface area (Å²) in [5, 5.41) is 2.96. The summed E-state index contributed by atoms with van der Waals surface area (Å²) in [5.41, 5.74) is 1.63. The molecular weight excluding hydrogens is 348 g/mol. The number of anilines is 1. The number of carbonyl (C=O) groups excluding carboxylic acids is 2. The normalized spacial score (nSPS) is 15.7. The highest BCUT2D eigenvalue weighted by Crippen LogP contribution is 2.34. The van der Waals surface area contributed by atoms with Crippen molar-refractivity contribution >= 4 is 17.5 Å².